The normalized spacial score (nSPS) is 10.8. The van der Waals surface area contributed by atoms with Gasteiger partial charge in [0.15, 0.2) is 0 Å². The van der Waals surface area contributed by atoms with Gasteiger partial charge in [-0.05, 0) is 43.5 Å². The molecule has 0 unspecified atom stereocenters. The van der Waals surface area contributed by atoms with Crippen molar-refractivity contribution in [3.63, 3.8) is 0 Å². The standard InChI is InChI=1S/C13H17N3O/c1-7-5-10(8(2)9(3)13(7)17)11-6-12(14)16(4)15-11/h5-6,17H,14H2,1-4H3. The van der Waals surface area contributed by atoms with Gasteiger partial charge < -0.3 is 10.8 Å². The zero-order valence-electron chi connectivity index (χ0n) is 10.6. The van der Waals surface area contributed by atoms with Gasteiger partial charge >= 0.3 is 0 Å². The van der Waals surface area contributed by atoms with Crippen molar-refractivity contribution in [2.75, 3.05) is 5.73 Å². The zero-order valence-corrected chi connectivity index (χ0v) is 10.6. The van der Waals surface area contributed by atoms with E-state index in [0.717, 1.165) is 27.9 Å². The zero-order chi connectivity index (χ0) is 12.7. The van der Waals surface area contributed by atoms with Crippen LogP contribution in [0.2, 0.25) is 0 Å². The van der Waals surface area contributed by atoms with Crippen LogP contribution < -0.4 is 5.73 Å². The lowest BCUT2D eigenvalue weighted by Crippen LogP contribution is -1.97. The summed E-state index contributed by atoms with van der Waals surface area (Å²) >= 11 is 0. The van der Waals surface area contributed by atoms with Crippen molar-refractivity contribution < 1.29 is 5.11 Å². The Hall–Kier alpha value is -1.97. The van der Waals surface area contributed by atoms with Gasteiger partial charge in [0, 0.05) is 18.7 Å². The van der Waals surface area contributed by atoms with Crippen molar-refractivity contribution >= 4 is 5.82 Å². The molecular formula is C13H17N3O. The Bertz CT molecular complexity index is 565. The van der Waals surface area contributed by atoms with Gasteiger partial charge in [-0.15, -0.1) is 0 Å². The lowest BCUT2D eigenvalue weighted by molar-refractivity contribution is 0.466. The molecule has 0 aliphatic heterocycles. The van der Waals surface area contributed by atoms with E-state index >= 15 is 0 Å². The molecule has 0 saturated heterocycles. The maximum atomic E-state index is 9.87. The molecule has 4 nitrogen and oxygen atoms in total. The monoisotopic (exact) mass is 231 g/mol. The fourth-order valence-corrected chi connectivity index (χ4v) is 1.95. The second kappa shape index (κ2) is 3.80. The molecule has 0 spiro atoms. The Morgan fingerprint density at radius 3 is 2.35 bits per heavy atom. The minimum Gasteiger partial charge on any atom is -0.507 e. The number of nitrogen functional groups attached to an aromatic ring is 1. The number of rotatable bonds is 1. The number of aryl methyl sites for hydroxylation is 2. The number of hydrogen-bond acceptors (Lipinski definition) is 3. The highest BCUT2D eigenvalue weighted by Crippen LogP contribution is 2.33. The van der Waals surface area contributed by atoms with E-state index in [2.05, 4.69) is 5.10 Å². The van der Waals surface area contributed by atoms with E-state index in [9.17, 15) is 5.11 Å². The third-order valence-electron chi connectivity index (χ3n) is 3.25. The Morgan fingerprint density at radius 1 is 1.18 bits per heavy atom. The highest BCUT2D eigenvalue weighted by atomic mass is 16.3. The third-order valence-corrected chi connectivity index (χ3v) is 3.25. The fourth-order valence-electron chi connectivity index (χ4n) is 1.95. The van der Waals surface area contributed by atoms with E-state index < -0.39 is 0 Å². The van der Waals surface area contributed by atoms with E-state index in [-0.39, 0.29) is 0 Å². The van der Waals surface area contributed by atoms with Crippen molar-refractivity contribution in [1.82, 2.24) is 9.78 Å². The smallest absolute Gasteiger partial charge is 0.121 e. The summed E-state index contributed by atoms with van der Waals surface area (Å²) in [6, 6.07) is 3.79. The van der Waals surface area contributed by atoms with Crippen LogP contribution in [0.1, 0.15) is 16.7 Å². The summed E-state index contributed by atoms with van der Waals surface area (Å²) in [4.78, 5) is 0. The molecule has 0 fully saturated rings. The average Bonchev–Trinajstić information content (AvgIpc) is 2.61. The van der Waals surface area contributed by atoms with Crippen molar-refractivity contribution in [3.8, 4) is 17.0 Å². The molecule has 1 heterocycles. The number of hydrogen-bond donors (Lipinski definition) is 2. The van der Waals surface area contributed by atoms with Crippen LogP contribution in [-0.4, -0.2) is 14.9 Å². The SMILES string of the molecule is Cc1cc(-c2cc(N)n(C)n2)c(C)c(C)c1O. The van der Waals surface area contributed by atoms with E-state index in [0.29, 0.717) is 11.6 Å². The van der Waals surface area contributed by atoms with Crippen LogP contribution in [0.15, 0.2) is 12.1 Å². The molecule has 0 radical (unpaired) electrons. The molecule has 2 aromatic rings. The first-order valence-corrected chi connectivity index (χ1v) is 5.51. The molecular weight excluding hydrogens is 214 g/mol. The van der Waals surface area contributed by atoms with Crippen LogP contribution in [0, 0.1) is 20.8 Å². The molecule has 0 aliphatic rings. The molecule has 2 rings (SSSR count). The van der Waals surface area contributed by atoms with Crippen molar-refractivity contribution in [3.05, 3.63) is 28.8 Å². The Balaban J connectivity index is 2.68. The first-order chi connectivity index (χ1) is 7.91. The van der Waals surface area contributed by atoms with Gasteiger partial charge in [-0.2, -0.15) is 5.10 Å². The predicted octanol–water partition coefficient (Wildman–Crippen LogP) is 2.30. The lowest BCUT2D eigenvalue weighted by atomic mass is 9.97. The molecule has 0 saturated carbocycles. The van der Waals surface area contributed by atoms with Gasteiger partial charge in [0.1, 0.15) is 11.6 Å². The number of nitrogens with zero attached hydrogens (tertiary/aromatic N) is 2. The molecule has 0 bridgehead atoms. The summed E-state index contributed by atoms with van der Waals surface area (Å²) in [5.74, 6) is 0.984. The summed E-state index contributed by atoms with van der Waals surface area (Å²) in [7, 11) is 1.81. The van der Waals surface area contributed by atoms with Gasteiger partial charge in [0.2, 0.25) is 0 Å². The average molecular weight is 231 g/mol. The summed E-state index contributed by atoms with van der Waals surface area (Å²) in [6.07, 6.45) is 0. The van der Waals surface area contributed by atoms with Crippen molar-refractivity contribution in [1.29, 1.82) is 0 Å². The van der Waals surface area contributed by atoms with Crippen LogP contribution in [0.3, 0.4) is 0 Å². The first-order valence-electron chi connectivity index (χ1n) is 5.51. The fraction of sp³-hybridized carbons (Fsp3) is 0.308. The molecule has 0 atom stereocenters. The van der Waals surface area contributed by atoms with Gasteiger partial charge in [-0.1, -0.05) is 0 Å². The number of benzene rings is 1. The molecule has 1 aromatic carbocycles. The summed E-state index contributed by atoms with van der Waals surface area (Å²) < 4.78 is 1.65. The number of anilines is 1. The van der Waals surface area contributed by atoms with Gasteiger partial charge in [-0.3, -0.25) is 4.68 Å². The van der Waals surface area contributed by atoms with Crippen LogP contribution in [0.5, 0.6) is 5.75 Å². The van der Waals surface area contributed by atoms with Crippen molar-refractivity contribution in [2.24, 2.45) is 7.05 Å². The van der Waals surface area contributed by atoms with Crippen LogP contribution >= 0.6 is 0 Å². The van der Waals surface area contributed by atoms with E-state index in [1.165, 1.54) is 0 Å². The topological polar surface area (TPSA) is 64.1 Å². The highest BCUT2D eigenvalue weighted by Gasteiger charge is 2.13. The quantitative estimate of drug-likeness (QED) is 0.791. The molecule has 17 heavy (non-hydrogen) atoms. The third kappa shape index (κ3) is 1.75. The van der Waals surface area contributed by atoms with Crippen LogP contribution in [-0.2, 0) is 7.05 Å². The van der Waals surface area contributed by atoms with Gasteiger partial charge in [0.05, 0.1) is 5.69 Å². The Morgan fingerprint density at radius 2 is 1.82 bits per heavy atom. The summed E-state index contributed by atoms with van der Waals surface area (Å²) in [5.41, 5.74) is 10.4. The number of nitrogens with two attached hydrogens (primary N) is 1. The van der Waals surface area contributed by atoms with E-state index in [4.69, 9.17) is 5.73 Å². The molecule has 1 aromatic heterocycles. The number of aromatic hydroxyl groups is 1. The molecule has 0 amide bonds. The molecule has 0 aliphatic carbocycles. The molecule has 90 valence electrons. The lowest BCUT2D eigenvalue weighted by Gasteiger charge is -2.11. The summed E-state index contributed by atoms with van der Waals surface area (Å²) in [5, 5.41) is 14.2. The molecule has 4 heteroatoms. The predicted molar refractivity (Wildman–Crippen MR) is 68.9 cm³/mol. The number of aromatic nitrogens is 2. The van der Waals surface area contributed by atoms with Gasteiger partial charge in [-0.25, -0.2) is 0 Å². The second-order valence-electron chi connectivity index (χ2n) is 4.42. The maximum Gasteiger partial charge on any atom is 0.121 e. The first kappa shape index (κ1) is 11.5. The van der Waals surface area contributed by atoms with Crippen LogP contribution in [0.25, 0.3) is 11.3 Å². The molecule has 3 N–H and O–H groups in total. The maximum absolute atomic E-state index is 9.87. The summed E-state index contributed by atoms with van der Waals surface area (Å²) in [6.45, 7) is 5.78. The Kier molecular flexibility index (Phi) is 2.58. The Labute approximate surface area is 101 Å². The highest BCUT2D eigenvalue weighted by molar-refractivity contribution is 5.70. The minimum atomic E-state index is 0.357. The van der Waals surface area contributed by atoms with Gasteiger partial charge in [0.25, 0.3) is 0 Å². The number of phenols is 1. The number of phenolic OH excluding ortho intramolecular Hbond substituents is 1. The largest absolute Gasteiger partial charge is 0.507 e. The van der Waals surface area contributed by atoms with Crippen molar-refractivity contribution in [2.45, 2.75) is 20.8 Å². The van der Waals surface area contributed by atoms with E-state index in [1.807, 2.05) is 40.0 Å². The minimum absolute atomic E-state index is 0.357. The van der Waals surface area contributed by atoms with E-state index in [1.54, 1.807) is 4.68 Å². The second-order valence-corrected chi connectivity index (χ2v) is 4.42. The van der Waals surface area contributed by atoms with Crippen LogP contribution in [0.4, 0.5) is 5.82 Å².